The fourth-order valence-electron chi connectivity index (χ4n) is 1.62. The second-order valence-corrected chi connectivity index (χ2v) is 3.80. The Balaban J connectivity index is 2.16. The van der Waals surface area contributed by atoms with Gasteiger partial charge in [-0.1, -0.05) is 17.3 Å². The predicted octanol–water partition coefficient (Wildman–Crippen LogP) is 1.26. The number of benzene rings is 1. The predicted molar refractivity (Wildman–Crippen MR) is 64.6 cm³/mol. The average Bonchev–Trinajstić information content (AvgIpc) is 2.76. The minimum Gasteiger partial charge on any atom is -0.494 e. The van der Waals surface area contributed by atoms with E-state index in [0.717, 1.165) is 17.0 Å². The number of nitrogens with two attached hydrogens (primary N) is 1. The molecule has 0 saturated heterocycles. The molecule has 1 aromatic heterocycles. The Hall–Kier alpha value is -1.88. The van der Waals surface area contributed by atoms with E-state index in [1.54, 1.807) is 4.68 Å². The smallest absolute Gasteiger partial charge is 0.119 e. The van der Waals surface area contributed by atoms with E-state index in [0.29, 0.717) is 6.61 Å². The van der Waals surface area contributed by atoms with Crippen molar-refractivity contribution >= 4 is 0 Å². The first-order valence-corrected chi connectivity index (χ1v) is 5.55. The molecule has 5 heteroatoms. The van der Waals surface area contributed by atoms with E-state index in [1.165, 1.54) is 0 Å². The van der Waals surface area contributed by atoms with E-state index >= 15 is 0 Å². The Morgan fingerprint density at radius 1 is 1.35 bits per heavy atom. The summed E-state index contributed by atoms with van der Waals surface area (Å²) in [6.45, 7) is 2.62. The molecule has 0 aliphatic heterocycles. The lowest BCUT2D eigenvalue weighted by molar-refractivity contribution is 0.340. The summed E-state index contributed by atoms with van der Waals surface area (Å²) in [6.07, 6.45) is 1.82. The number of ether oxygens (including phenoxy) is 1. The number of hydrogen-bond donors (Lipinski definition) is 1. The van der Waals surface area contributed by atoms with Crippen molar-refractivity contribution in [1.29, 1.82) is 0 Å². The highest BCUT2D eigenvalue weighted by Crippen LogP contribution is 2.20. The van der Waals surface area contributed by atoms with Crippen molar-refractivity contribution < 1.29 is 4.74 Å². The topological polar surface area (TPSA) is 66.0 Å². The van der Waals surface area contributed by atoms with Crippen molar-refractivity contribution in [2.45, 2.75) is 13.0 Å². The van der Waals surface area contributed by atoms with Crippen molar-refractivity contribution in [1.82, 2.24) is 15.0 Å². The Kier molecular flexibility index (Phi) is 3.39. The van der Waals surface area contributed by atoms with Crippen LogP contribution in [-0.4, -0.2) is 21.6 Å². The fourth-order valence-corrected chi connectivity index (χ4v) is 1.62. The van der Waals surface area contributed by atoms with Crippen molar-refractivity contribution in [3.8, 4) is 5.75 Å². The van der Waals surface area contributed by atoms with Gasteiger partial charge in [0.15, 0.2) is 0 Å². The summed E-state index contributed by atoms with van der Waals surface area (Å²) in [5.41, 5.74) is 7.85. The summed E-state index contributed by atoms with van der Waals surface area (Å²) in [5.74, 6) is 0.850. The number of aromatic nitrogens is 3. The largest absolute Gasteiger partial charge is 0.494 e. The molecule has 0 fully saturated rings. The van der Waals surface area contributed by atoms with Gasteiger partial charge in [-0.15, -0.1) is 5.10 Å². The normalized spacial score (nSPS) is 12.4. The van der Waals surface area contributed by atoms with Gasteiger partial charge in [-0.25, -0.2) is 0 Å². The van der Waals surface area contributed by atoms with Gasteiger partial charge in [0.1, 0.15) is 11.4 Å². The van der Waals surface area contributed by atoms with Crippen molar-refractivity contribution in [2.75, 3.05) is 6.61 Å². The molecule has 0 aliphatic rings. The molecule has 17 heavy (non-hydrogen) atoms. The van der Waals surface area contributed by atoms with Gasteiger partial charge in [0.25, 0.3) is 0 Å². The number of nitrogens with zero attached hydrogens (tertiary/aromatic N) is 3. The van der Waals surface area contributed by atoms with E-state index in [9.17, 15) is 0 Å². The molecule has 0 saturated carbocycles. The number of rotatable bonds is 4. The van der Waals surface area contributed by atoms with Gasteiger partial charge >= 0.3 is 0 Å². The molecule has 0 spiro atoms. The summed E-state index contributed by atoms with van der Waals surface area (Å²) in [5, 5.41) is 7.88. The van der Waals surface area contributed by atoms with Crippen LogP contribution in [0, 0.1) is 0 Å². The molecule has 1 heterocycles. The second-order valence-electron chi connectivity index (χ2n) is 3.80. The minimum atomic E-state index is -0.251. The van der Waals surface area contributed by atoms with Crippen LogP contribution < -0.4 is 10.5 Å². The van der Waals surface area contributed by atoms with Gasteiger partial charge in [-0.3, -0.25) is 4.68 Å². The highest BCUT2D eigenvalue weighted by molar-refractivity contribution is 5.32. The second kappa shape index (κ2) is 4.97. The van der Waals surface area contributed by atoms with Gasteiger partial charge in [-0.05, 0) is 24.6 Å². The summed E-state index contributed by atoms with van der Waals surface area (Å²) < 4.78 is 7.02. The third-order valence-electron chi connectivity index (χ3n) is 2.49. The van der Waals surface area contributed by atoms with Crippen LogP contribution in [0.1, 0.15) is 24.2 Å². The Labute approximate surface area is 100 Å². The maximum atomic E-state index is 6.10. The lowest BCUT2D eigenvalue weighted by atomic mass is 10.1. The fraction of sp³-hybridized carbons (Fsp3) is 0.333. The maximum Gasteiger partial charge on any atom is 0.119 e. The zero-order valence-corrected chi connectivity index (χ0v) is 10.00. The Morgan fingerprint density at radius 3 is 2.59 bits per heavy atom. The van der Waals surface area contributed by atoms with E-state index in [4.69, 9.17) is 10.5 Å². The van der Waals surface area contributed by atoms with Gasteiger partial charge in [-0.2, -0.15) is 0 Å². The van der Waals surface area contributed by atoms with Gasteiger partial charge in [0.2, 0.25) is 0 Å². The molecule has 0 aliphatic carbocycles. The molecule has 1 atom stereocenters. The molecule has 0 amide bonds. The molecule has 0 bridgehead atoms. The van der Waals surface area contributed by atoms with Crippen LogP contribution in [0.2, 0.25) is 0 Å². The Bertz CT molecular complexity index is 478. The van der Waals surface area contributed by atoms with E-state index in [-0.39, 0.29) is 6.04 Å². The third-order valence-corrected chi connectivity index (χ3v) is 2.49. The molecule has 0 radical (unpaired) electrons. The first-order chi connectivity index (χ1) is 8.20. The summed E-state index contributed by atoms with van der Waals surface area (Å²) in [4.78, 5) is 0. The van der Waals surface area contributed by atoms with Crippen LogP contribution in [0.5, 0.6) is 5.75 Å². The van der Waals surface area contributed by atoms with Crippen LogP contribution in [-0.2, 0) is 7.05 Å². The molecule has 2 N–H and O–H groups in total. The molecule has 1 aromatic carbocycles. The third kappa shape index (κ3) is 2.62. The lowest BCUT2D eigenvalue weighted by Crippen LogP contribution is -2.12. The number of hydrogen-bond acceptors (Lipinski definition) is 4. The zero-order chi connectivity index (χ0) is 12.3. The lowest BCUT2D eigenvalue weighted by Gasteiger charge is -2.09. The maximum absolute atomic E-state index is 6.10. The number of aryl methyl sites for hydroxylation is 1. The average molecular weight is 232 g/mol. The SMILES string of the molecule is CCOc1ccc(C(N)c2cn(C)nn2)cc1. The quantitative estimate of drug-likeness (QED) is 0.861. The standard InChI is InChI=1S/C12H16N4O/c1-3-17-10-6-4-9(5-7-10)12(13)11-8-16(2)15-14-11/h4-8,12H,3,13H2,1-2H3. The van der Waals surface area contributed by atoms with Gasteiger partial charge < -0.3 is 10.5 Å². The summed E-state index contributed by atoms with van der Waals surface area (Å²) in [6, 6.07) is 7.47. The van der Waals surface area contributed by atoms with Crippen LogP contribution >= 0.6 is 0 Å². The van der Waals surface area contributed by atoms with E-state index < -0.39 is 0 Å². The Morgan fingerprint density at radius 2 is 2.06 bits per heavy atom. The van der Waals surface area contributed by atoms with Crippen LogP contribution in [0.3, 0.4) is 0 Å². The highest BCUT2D eigenvalue weighted by atomic mass is 16.5. The zero-order valence-electron chi connectivity index (χ0n) is 10.00. The van der Waals surface area contributed by atoms with Crippen LogP contribution in [0.15, 0.2) is 30.5 Å². The van der Waals surface area contributed by atoms with Crippen molar-refractivity contribution in [3.05, 3.63) is 41.7 Å². The van der Waals surface area contributed by atoms with Gasteiger partial charge in [0, 0.05) is 7.05 Å². The molecule has 1 unspecified atom stereocenters. The van der Waals surface area contributed by atoms with Crippen LogP contribution in [0.4, 0.5) is 0 Å². The highest BCUT2D eigenvalue weighted by Gasteiger charge is 2.12. The molecular formula is C12H16N4O. The molecule has 90 valence electrons. The van der Waals surface area contributed by atoms with Crippen LogP contribution in [0.25, 0.3) is 0 Å². The van der Waals surface area contributed by atoms with Crippen molar-refractivity contribution in [3.63, 3.8) is 0 Å². The van der Waals surface area contributed by atoms with E-state index in [2.05, 4.69) is 10.3 Å². The minimum absolute atomic E-state index is 0.251. The molecular weight excluding hydrogens is 216 g/mol. The molecule has 2 rings (SSSR count). The van der Waals surface area contributed by atoms with Crippen molar-refractivity contribution in [2.24, 2.45) is 12.8 Å². The monoisotopic (exact) mass is 232 g/mol. The molecule has 5 nitrogen and oxygen atoms in total. The summed E-state index contributed by atoms with van der Waals surface area (Å²) in [7, 11) is 1.82. The summed E-state index contributed by atoms with van der Waals surface area (Å²) >= 11 is 0. The first-order valence-electron chi connectivity index (χ1n) is 5.55. The first kappa shape index (κ1) is 11.6. The molecule has 2 aromatic rings. The van der Waals surface area contributed by atoms with Gasteiger partial charge in [0.05, 0.1) is 18.8 Å². The van der Waals surface area contributed by atoms with E-state index in [1.807, 2.05) is 44.4 Å².